The highest BCUT2D eigenvalue weighted by molar-refractivity contribution is 8.23. The summed E-state index contributed by atoms with van der Waals surface area (Å²) >= 11 is 14.0. The minimum absolute atomic E-state index is 0.927. The molecule has 0 unspecified atom stereocenters. The van der Waals surface area contributed by atoms with Crippen LogP contribution in [0.15, 0.2) is 17.5 Å². The van der Waals surface area contributed by atoms with E-state index in [1.807, 2.05) is 17.5 Å². The topological polar surface area (TPSA) is 0 Å². The zero-order chi connectivity index (χ0) is 8.32. The van der Waals surface area contributed by atoms with Crippen molar-refractivity contribution in [2.24, 2.45) is 0 Å². The minimum Gasteiger partial charge on any atom is -0.105 e. The van der Waals surface area contributed by atoms with E-state index >= 15 is 0 Å². The zero-order valence-corrected chi connectivity index (χ0v) is 9.48. The van der Waals surface area contributed by atoms with Crippen molar-refractivity contribution >= 4 is 44.4 Å². The first-order valence-electron chi connectivity index (χ1n) is 3.48. The van der Waals surface area contributed by atoms with Crippen molar-refractivity contribution in [3.63, 3.8) is 0 Å². The van der Waals surface area contributed by atoms with Gasteiger partial charge < -0.3 is 0 Å². The van der Waals surface area contributed by atoms with Crippen LogP contribution in [0.3, 0.4) is 0 Å². The molecular weight excluding hydrogens is 218 g/mol. The Morgan fingerprint density at radius 2 is 2.27 bits per heavy atom. The number of rotatable bonds is 3. The summed E-state index contributed by atoms with van der Waals surface area (Å²) < 4.78 is 1.16. The third-order valence-electron chi connectivity index (χ3n) is 1.33. The van der Waals surface area contributed by atoms with E-state index in [4.69, 9.17) is 22.5 Å². The molecular formula is C7H10Cl2PS+. The molecule has 0 nitrogen and oxygen atoms in total. The molecule has 62 valence electrons. The van der Waals surface area contributed by atoms with Crippen LogP contribution in [0, 0.1) is 0 Å². The van der Waals surface area contributed by atoms with Crippen molar-refractivity contribution in [3.8, 4) is 0 Å². The smallest absolute Gasteiger partial charge is 0.105 e. The van der Waals surface area contributed by atoms with Gasteiger partial charge in [-0.15, -0.1) is 11.3 Å². The summed E-state index contributed by atoms with van der Waals surface area (Å²) in [4.78, 5) is 0. The lowest BCUT2D eigenvalue weighted by Gasteiger charge is -2.04. The Bertz CT molecular complexity index is 208. The largest absolute Gasteiger partial charge is 0.253 e. The van der Waals surface area contributed by atoms with Crippen molar-refractivity contribution in [1.29, 1.82) is 0 Å². The highest BCUT2D eigenvalue weighted by Gasteiger charge is 2.37. The number of halogens is 2. The van der Waals surface area contributed by atoms with Gasteiger partial charge >= 0.3 is 0 Å². The summed E-state index contributed by atoms with van der Waals surface area (Å²) in [5.41, 5.74) is 0. The molecule has 1 aromatic heterocycles. The van der Waals surface area contributed by atoms with Crippen molar-refractivity contribution in [1.82, 2.24) is 0 Å². The minimum atomic E-state index is -1.78. The van der Waals surface area contributed by atoms with E-state index in [0.29, 0.717) is 0 Å². The van der Waals surface area contributed by atoms with Gasteiger partial charge in [-0.3, -0.25) is 0 Å². The zero-order valence-electron chi connectivity index (χ0n) is 6.26. The maximum atomic E-state index is 6.19. The molecule has 0 saturated heterocycles. The Hall–Kier alpha value is 0.710. The molecule has 0 spiro atoms. The van der Waals surface area contributed by atoms with Crippen LogP contribution in [0.5, 0.6) is 0 Å². The summed E-state index contributed by atoms with van der Waals surface area (Å²) in [5, 5.41) is 2.02. The second-order valence-corrected chi connectivity index (χ2v) is 9.73. The van der Waals surface area contributed by atoms with Crippen molar-refractivity contribution in [2.45, 2.75) is 13.3 Å². The normalized spacial score (nSPS) is 11.9. The van der Waals surface area contributed by atoms with E-state index in [1.165, 1.54) is 0 Å². The fourth-order valence-corrected chi connectivity index (χ4v) is 5.53. The van der Waals surface area contributed by atoms with Crippen LogP contribution in [0.1, 0.15) is 13.3 Å². The molecule has 0 aliphatic heterocycles. The third-order valence-corrected chi connectivity index (χ3v) is 7.77. The highest BCUT2D eigenvalue weighted by Crippen LogP contribution is 2.68. The number of hydrogen-bond acceptors (Lipinski definition) is 1. The molecule has 1 heterocycles. The van der Waals surface area contributed by atoms with Crippen LogP contribution in [0.2, 0.25) is 0 Å². The second-order valence-electron chi connectivity index (χ2n) is 2.30. The van der Waals surface area contributed by atoms with E-state index in [0.717, 1.165) is 17.2 Å². The van der Waals surface area contributed by atoms with Gasteiger partial charge in [0.25, 0.3) is 5.97 Å². The quantitative estimate of drug-likeness (QED) is 0.683. The first-order valence-corrected chi connectivity index (χ1v) is 8.14. The second kappa shape index (κ2) is 4.09. The van der Waals surface area contributed by atoms with Crippen molar-refractivity contribution < 1.29 is 0 Å². The molecule has 1 rings (SSSR count). The lowest BCUT2D eigenvalue weighted by Crippen LogP contribution is -1.98. The number of thiophene rings is 1. The first-order chi connectivity index (χ1) is 5.17. The SMILES string of the molecule is CCC[P+](Cl)(Cl)c1cccs1. The summed E-state index contributed by atoms with van der Waals surface area (Å²) in [6, 6.07) is 4.02. The van der Waals surface area contributed by atoms with Crippen molar-refractivity contribution in [3.05, 3.63) is 17.5 Å². The fraction of sp³-hybridized carbons (Fsp3) is 0.429. The highest BCUT2D eigenvalue weighted by atomic mass is 35.9. The van der Waals surface area contributed by atoms with Gasteiger partial charge in [-0.1, -0.05) is 6.92 Å². The Morgan fingerprint density at radius 3 is 2.73 bits per heavy atom. The molecule has 4 heteroatoms. The standard InChI is InChI=1S/C7H10Cl2PS/c1-2-5-10(8,9)7-4-3-6-11-7/h3-4,6H,2,5H2,1H3/q+1. The van der Waals surface area contributed by atoms with Crippen LogP contribution >= 0.6 is 39.8 Å². The van der Waals surface area contributed by atoms with E-state index in [1.54, 1.807) is 11.3 Å². The molecule has 0 saturated carbocycles. The Balaban J connectivity index is 2.73. The molecule has 11 heavy (non-hydrogen) atoms. The van der Waals surface area contributed by atoms with Gasteiger partial charge in [0.2, 0.25) is 0 Å². The molecule has 0 atom stereocenters. The average Bonchev–Trinajstić information content (AvgIpc) is 2.37. The lowest BCUT2D eigenvalue weighted by molar-refractivity contribution is 1.10. The fourth-order valence-electron chi connectivity index (χ4n) is 0.847. The van der Waals surface area contributed by atoms with E-state index < -0.39 is 5.97 Å². The third kappa shape index (κ3) is 2.59. The van der Waals surface area contributed by atoms with E-state index in [2.05, 4.69) is 6.92 Å². The first kappa shape index (κ1) is 9.80. The lowest BCUT2D eigenvalue weighted by atomic mass is 10.6. The molecule has 0 aliphatic rings. The van der Waals surface area contributed by atoms with Gasteiger partial charge in [0.15, 0.2) is 4.62 Å². The van der Waals surface area contributed by atoms with Crippen LogP contribution in [0.25, 0.3) is 0 Å². The molecule has 0 amide bonds. The molecule has 1 aromatic rings. The predicted molar refractivity (Wildman–Crippen MR) is 57.7 cm³/mol. The van der Waals surface area contributed by atoms with E-state index in [-0.39, 0.29) is 0 Å². The van der Waals surface area contributed by atoms with Crippen molar-refractivity contribution in [2.75, 3.05) is 6.16 Å². The maximum Gasteiger partial charge on any atom is 0.253 e. The van der Waals surface area contributed by atoms with Gasteiger partial charge in [-0.25, -0.2) is 0 Å². The summed E-state index contributed by atoms with van der Waals surface area (Å²) in [6.07, 6.45) is 1.98. The molecule has 0 fully saturated rings. The molecule has 0 N–H and O–H groups in total. The van der Waals surface area contributed by atoms with Gasteiger partial charge in [-0.2, -0.15) is 0 Å². The number of hydrogen-bond donors (Lipinski definition) is 0. The summed E-state index contributed by atoms with van der Waals surface area (Å²) in [7, 11) is 0. The Kier molecular flexibility index (Phi) is 3.64. The Labute approximate surface area is 81.4 Å². The average molecular weight is 228 g/mol. The van der Waals surface area contributed by atoms with Gasteiger partial charge in [0, 0.05) is 0 Å². The molecule has 0 bridgehead atoms. The van der Waals surface area contributed by atoms with Crippen LogP contribution < -0.4 is 4.62 Å². The summed E-state index contributed by atoms with van der Waals surface area (Å²) in [6.45, 7) is 2.10. The molecule has 0 radical (unpaired) electrons. The predicted octanol–water partition coefficient (Wildman–Crippen LogP) is 4.11. The van der Waals surface area contributed by atoms with Gasteiger partial charge in [-0.05, 0) is 23.9 Å². The monoisotopic (exact) mass is 227 g/mol. The van der Waals surface area contributed by atoms with Crippen LogP contribution in [-0.2, 0) is 0 Å². The van der Waals surface area contributed by atoms with Gasteiger partial charge in [0.05, 0.1) is 6.16 Å². The molecule has 0 aromatic carbocycles. The van der Waals surface area contributed by atoms with E-state index in [9.17, 15) is 0 Å². The van der Waals surface area contributed by atoms with Gasteiger partial charge in [0.1, 0.15) is 22.5 Å². The maximum absolute atomic E-state index is 6.19. The summed E-state index contributed by atoms with van der Waals surface area (Å²) in [5.74, 6) is -1.78. The van der Waals surface area contributed by atoms with Crippen LogP contribution in [-0.4, -0.2) is 6.16 Å². The molecule has 0 aliphatic carbocycles. The Morgan fingerprint density at radius 1 is 1.55 bits per heavy atom. The van der Waals surface area contributed by atoms with Crippen LogP contribution in [0.4, 0.5) is 0 Å².